The Balaban J connectivity index is 1.42. The van der Waals surface area contributed by atoms with Crippen LogP contribution in [0.2, 0.25) is 0 Å². The molecule has 1 nitrogen and oxygen atoms in total. The maximum absolute atomic E-state index is 13.2. The van der Waals surface area contributed by atoms with Crippen LogP contribution in [0.4, 0.5) is 0 Å². The molecule has 0 amide bonds. The number of Topliss-reactive ketones (excluding diaryl/α,β-unsaturated/α-hetero) is 1. The van der Waals surface area contributed by atoms with Gasteiger partial charge in [-0.25, -0.2) is 0 Å². The molecule has 0 aliphatic heterocycles. The third-order valence-electron chi connectivity index (χ3n) is 6.60. The minimum atomic E-state index is 0.157. The number of ketones is 1. The van der Waals surface area contributed by atoms with Gasteiger partial charge < -0.3 is 0 Å². The van der Waals surface area contributed by atoms with Crippen molar-refractivity contribution >= 4 is 5.78 Å². The molecular formula is C24H26O. The van der Waals surface area contributed by atoms with Crippen molar-refractivity contribution < 1.29 is 4.79 Å². The standard InChI is InChI=1S/C24H26O/c25-24-21(14-16-9-10-17-5-1-2-7-19(17)13-16)15-20-12-11-18-6-3-4-8-22(18)23(20)24/h9-13,21H,1-8,14-15H2/t21-/m1/s1. The molecule has 1 heteroatoms. The van der Waals surface area contributed by atoms with Crippen molar-refractivity contribution in [2.24, 2.45) is 5.92 Å². The van der Waals surface area contributed by atoms with Crippen LogP contribution in [0.3, 0.4) is 0 Å². The molecule has 1 atom stereocenters. The number of fused-ring (bicyclic) bond motifs is 4. The molecule has 0 aromatic heterocycles. The molecule has 0 heterocycles. The quantitative estimate of drug-likeness (QED) is 0.754. The van der Waals surface area contributed by atoms with Crippen LogP contribution in [-0.2, 0) is 38.5 Å². The largest absolute Gasteiger partial charge is 0.294 e. The van der Waals surface area contributed by atoms with Gasteiger partial charge in [-0.05, 0) is 97.6 Å². The van der Waals surface area contributed by atoms with E-state index in [0.29, 0.717) is 5.78 Å². The lowest BCUT2D eigenvalue weighted by Crippen LogP contribution is -2.15. The first-order valence-electron chi connectivity index (χ1n) is 10.1. The molecule has 0 N–H and O–H groups in total. The molecule has 2 aromatic rings. The van der Waals surface area contributed by atoms with Gasteiger partial charge in [-0.3, -0.25) is 4.79 Å². The fourth-order valence-electron chi connectivity index (χ4n) is 5.28. The Kier molecular flexibility index (Phi) is 3.77. The minimum absolute atomic E-state index is 0.157. The Morgan fingerprint density at radius 1 is 0.760 bits per heavy atom. The van der Waals surface area contributed by atoms with E-state index in [1.165, 1.54) is 71.9 Å². The highest BCUT2D eigenvalue weighted by atomic mass is 16.1. The average Bonchev–Trinajstić information content (AvgIpc) is 2.98. The van der Waals surface area contributed by atoms with Gasteiger partial charge >= 0.3 is 0 Å². The van der Waals surface area contributed by atoms with E-state index in [9.17, 15) is 4.79 Å². The third kappa shape index (κ3) is 2.65. The Hall–Kier alpha value is -1.89. The predicted molar refractivity (Wildman–Crippen MR) is 101 cm³/mol. The number of hydrogen-bond acceptors (Lipinski definition) is 1. The predicted octanol–water partition coefficient (Wildman–Crippen LogP) is 5.04. The first-order chi connectivity index (χ1) is 12.3. The van der Waals surface area contributed by atoms with E-state index in [-0.39, 0.29) is 5.92 Å². The van der Waals surface area contributed by atoms with Crippen molar-refractivity contribution in [2.45, 2.75) is 64.2 Å². The van der Waals surface area contributed by atoms with Crippen molar-refractivity contribution in [3.63, 3.8) is 0 Å². The van der Waals surface area contributed by atoms with Crippen molar-refractivity contribution in [2.75, 3.05) is 0 Å². The number of carbonyl (C=O) groups is 1. The Morgan fingerprint density at radius 3 is 2.32 bits per heavy atom. The molecule has 0 saturated carbocycles. The molecule has 0 bridgehead atoms. The van der Waals surface area contributed by atoms with Crippen LogP contribution >= 0.6 is 0 Å². The van der Waals surface area contributed by atoms with Crippen LogP contribution < -0.4 is 0 Å². The summed E-state index contributed by atoms with van der Waals surface area (Å²) in [5, 5.41) is 0. The van der Waals surface area contributed by atoms with Gasteiger partial charge in [-0.1, -0.05) is 30.3 Å². The fourth-order valence-corrected chi connectivity index (χ4v) is 5.28. The van der Waals surface area contributed by atoms with Gasteiger partial charge in [0.1, 0.15) is 0 Å². The number of hydrogen-bond donors (Lipinski definition) is 0. The molecule has 3 aliphatic rings. The first-order valence-corrected chi connectivity index (χ1v) is 10.1. The van der Waals surface area contributed by atoms with Crippen LogP contribution in [0, 0.1) is 5.92 Å². The van der Waals surface area contributed by atoms with E-state index in [4.69, 9.17) is 0 Å². The van der Waals surface area contributed by atoms with E-state index in [2.05, 4.69) is 30.3 Å². The summed E-state index contributed by atoms with van der Waals surface area (Å²) in [7, 11) is 0. The summed E-state index contributed by atoms with van der Waals surface area (Å²) >= 11 is 0. The van der Waals surface area contributed by atoms with Crippen LogP contribution in [-0.4, -0.2) is 5.78 Å². The lowest BCUT2D eigenvalue weighted by atomic mass is 9.85. The summed E-state index contributed by atoms with van der Waals surface area (Å²) in [5.74, 6) is 0.580. The highest BCUT2D eigenvalue weighted by Crippen LogP contribution is 2.36. The molecule has 0 fully saturated rings. The molecule has 0 radical (unpaired) electrons. The zero-order valence-corrected chi connectivity index (χ0v) is 14.9. The molecule has 0 unspecified atom stereocenters. The maximum Gasteiger partial charge on any atom is 0.167 e. The SMILES string of the molecule is O=C1c2c(ccc3c2CCCC3)C[C@H]1Cc1ccc2c(c1)CCCC2. The van der Waals surface area contributed by atoms with Crippen molar-refractivity contribution in [1.29, 1.82) is 0 Å². The number of benzene rings is 2. The van der Waals surface area contributed by atoms with Gasteiger partial charge in [0.2, 0.25) is 0 Å². The zero-order valence-electron chi connectivity index (χ0n) is 14.9. The van der Waals surface area contributed by atoms with E-state index < -0.39 is 0 Å². The lowest BCUT2D eigenvalue weighted by molar-refractivity contribution is 0.0935. The average molecular weight is 330 g/mol. The molecule has 2 aromatic carbocycles. The number of carbonyl (C=O) groups excluding carboxylic acids is 1. The van der Waals surface area contributed by atoms with E-state index in [1.807, 2.05) is 0 Å². The van der Waals surface area contributed by atoms with Crippen molar-refractivity contribution in [3.8, 4) is 0 Å². The molecule has 5 rings (SSSR count). The van der Waals surface area contributed by atoms with Crippen LogP contribution in [0.1, 0.15) is 69.4 Å². The summed E-state index contributed by atoms with van der Waals surface area (Å²) in [4.78, 5) is 13.2. The highest BCUT2D eigenvalue weighted by Gasteiger charge is 2.34. The van der Waals surface area contributed by atoms with E-state index >= 15 is 0 Å². The second kappa shape index (κ2) is 6.12. The second-order valence-electron chi connectivity index (χ2n) is 8.22. The maximum atomic E-state index is 13.2. The Bertz CT molecular complexity index is 845. The van der Waals surface area contributed by atoms with Crippen LogP contribution in [0.5, 0.6) is 0 Å². The highest BCUT2D eigenvalue weighted by molar-refractivity contribution is 6.04. The fraction of sp³-hybridized carbons (Fsp3) is 0.458. The van der Waals surface area contributed by atoms with Gasteiger partial charge in [-0.2, -0.15) is 0 Å². The smallest absolute Gasteiger partial charge is 0.167 e. The first kappa shape index (κ1) is 15.4. The normalized spacial score (nSPS) is 21.6. The monoisotopic (exact) mass is 330 g/mol. The lowest BCUT2D eigenvalue weighted by Gasteiger charge is -2.19. The van der Waals surface area contributed by atoms with Gasteiger partial charge in [0.25, 0.3) is 0 Å². The molecule has 0 saturated heterocycles. The summed E-state index contributed by atoms with van der Waals surface area (Å²) < 4.78 is 0. The summed E-state index contributed by atoms with van der Waals surface area (Å²) in [5.41, 5.74) is 9.68. The Labute approximate surface area is 150 Å². The summed E-state index contributed by atoms with van der Waals surface area (Å²) in [6, 6.07) is 11.5. The molecule has 0 spiro atoms. The molecule has 3 aliphatic carbocycles. The van der Waals surface area contributed by atoms with Gasteiger partial charge in [0, 0.05) is 11.5 Å². The third-order valence-corrected chi connectivity index (χ3v) is 6.60. The summed E-state index contributed by atoms with van der Waals surface area (Å²) in [6.45, 7) is 0. The number of aryl methyl sites for hydroxylation is 3. The van der Waals surface area contributed by atoms with Gasteiger partial charge in [-0.15, -0.1) is 0 Å². The van der Waals surface area contributed by atoms with Crippen LogP contribution in [0.15, 0.2) is 30.3 Å². The molecule has 25 heavy (non-hydrogen) atoms. The topological polar surface area (TPSA) is 17.1 Å². The van der Waals surface area contributed by atoms with Gasteiger partial charge in [0.05, 0.1) is 0 Å². The zero-order chi connectivity index (χ0) is 16.8. The van der Waals surface area contributed by atoms with Crippen molar-refractivity contribution in [1.82, 2.24) is 0 Å². The Morgan fingerprint density at radius 2 is 1.44 bits per heavy atom. The second-order valence-corrected chi connectivity index (χ2v) is 8.22. The van der Waals surface area contributed by atoms with E-state index in [1.54, 1.807) is 0 Å². The minimum Gasteiger partial charge on any atom is -0.294 e. The van der Waals surface area contributed by atoms with E-state index in [0.717, 1.165) is 31.2 Å². The van der Waals surface area contributed by atoms with Crippen molar-refractivity contribution in [3.05, 3.63) is 69.3 Å². The van der Waals surface area contributed by atoms with Gasteiger partial charge in [0.15, 0.2) is 5.78 Å². The van der Waals surface area contributed by atoms with Crippen LogP contribution in [0.25, 0.3) is 0 Å². The molecular weight excluding hydrogens is 304 g/mol. The number of rotatable bonds is 2. The molecule has 128 valence electrons. The summed E-state index contributed by atoms with van der Waals surface area (Å²) in [6.07, 6.45) is 11.7.